The highest BCUT2D eigenvalue weighted by Crippen LogP contribution is 2.59. The third-order valence-electron chi connectivity index (χ3n) is 3.78. The molecule has 0 N–H and O–H groups in total. The van der Waals surface area contributed by atoms with Gasteiger partial charge in [0.25, 0.3) is 0 Å². The average molecular weight is 171 g/mol. The minimum absolute atomic E-state index is 0.371. The van der Waals surface area contributed by atoms with Crippen LogP contribution in [0.2, 0.25) is 0 Å². The maximum absolute atomic E-state index is 6.17. The fraction of sp³-hybridized carbons (Fsp3) is 0.800. The Bertz CT molecular complexity index is 205. The Morgan fingerprint density at radius 3 is 2.45 bits per heavy atom. The molecule has 62 valence electrons. The first-order valence-electron chi connectivity index (χ1n) is 4.37. The second-order valence-corrected chi connectivity index (χ2v) is 5.10. The molecule has 2 fully saturated rings. The van der Waals surface area contributed by atoms with Crippen LogP contribution in [-0.4, -0.2) is 5.38 Å². The number of allylic oxidation sites excluding steroid dienone is 1. The molecule has 2 aliphatic rings. The Hall–Kier alpha value is 0.0300. The zero-order chi connectivity index (χ0) is 8.22. The van der Waals surface area contributed by atoms with E-state index in [2.05, 4.69) is 20.4 Å². The van der Waals surface area contributed by atoms with E-state index in [0.29, 0.717) is 16.7 Å². The molecule has 1 heteroatoms. The molecule has 2 aliphatic carbocycles. The van der Waals surface area contributed by atoms with E-state index in [1.807, 2.05) is 0 Å². The van der Waals surface area contributed by atoms with Gasteiger partial charge in [0.15, 0.2) is 0 Å². The van der Waals surface area contributed by atoms with Gasteiger partial charge in [-0.05, 0) is 30.1 Å². The number of alkyl halides is 1. The van der Waals surface area contributed by atoms with Crippen molar-refractivity contribution in [3.8, 4) is 0 Å². The van der Waals surface area contributed by atoms with Crippen molar-refractivity contribution in [1.29, 1.82) is 0 Å². The van der Waals surface area contributed by atoms with Gasteiger partial charge in [-0.2, -0.15) is 0 Å². The Labute approximate surface area is 73.6 Å². The van der Waals surface area contributed by atoms with Crippen molar-refractivity contribution in [3.63, 3.8) is 0 Å². The lowest BCUT2D eigenvalue weighted by atomic mass is 9.73. The Balaban J connectivity index is 2.32. The van der Waals surface area contributed by atoms with Gasteiger partial charge in [-0.1, -0.05) is 26.0 Å². The number of hydrogen-bond acceptors (Lipinski definition) is 0. The molecule has 0 spiro atoms. The lowest BCUT2D eigenvalue weighted by Gasteiger charge is -2.34. The summed E-state index contributed by atoms with van der Waals surface area (Å²) in [7, 11) is 0. The Morgan fingerprint density at radius 1 is 1.45 bits per heavy atom. The first kappa shape index (κ1) is 7.67. The first-order valence-corrected chi connectivity index (χ1v) is 4.80. The normalized spacial score (nSPS) is 46.8. The summed E-state index contributed by atoms with van der Waals surface area (Å²) in [6.45, 7) is 8.77. The van der Waals surface area contributed by atoms with Crippen molar-refractivity contribution < 1.29 is 0 Å². The van der Waals surface area contributed by atoms with E-state index < -0.39 is 0 Å². The molecule has 0 aliphatic heterocycles. The largest absolute Gasteiger partial charge is 0.122 e. The minimum Gasteiger partial charge on any atom is -0.122 e. The molecule has 0 aromatic rings. The van der Waals surface area contributed by atoms with Gasteiger partial charge in [-0.3, -0.25) is 0 Å². The van der Waals surface area contributed by atoms with E-state index in [0.717, 1.165) is 5.92 Å². The van der Waals surface area contributed by atoms with Crippen molar-refractivity contribution in [2.45, 2.75) is 32.1 Å². The number of fused-ring (bicyclic) bond motifs is 2. The molecule has 0 unspecified atom stereocenters. The van der Waals surface area contributed by atoms with Crippen molar-refractivity contribution >= 4 is 11.6 Å². The minimum atomic E-state index is 0.371. The summed E-state index contributed by atoms with van der Waals surface area (Å²) in [4.78, 5) is 0. The SMILES string of the molecule is C=C1[C@@H]2C[C@H](C[C@@H]2Cl)C1(C)C. The van der Waals surface area contributed by atoms with E-state index >= 15 is 0 Å². The monoisotopic (exact) mass is 170 g/mol. The molecule has 0 aromatic carbocycles. The summed E-state index contributed by atoms with van der Waals surface area (Å²) < 4.78 is 0. The van der Waals surface area contributed by atoms with Crippen LogP contribution in [0.3, 0.4) is 0 Å². The summed E-state index contributed by atoms with van der Waals surface area (Å²) in [5, 5.41) is 0.389. The standard InChI is InChI=1S/C10H15Cl/c1-6-8-4-7(5-9(8)11)10(6,2)3/h7-9H,1,4-5H2,2-3H3/t7-,8+,9+/m1/s1. The van der Waals surface area contributed by atoms with Crippen molar-refractivity contribution in [2.75, 3.05) is 0 Å². The molecule has 2 saturated carbocycles. The zero-order valence-corrected chi connectivity index (χ0v) is 7.99. The van der Waals surface area contributed by atoms with Crippen LogP contribution in [0.25, 0.3) is 0 Å². The highest BCUT2D eigenvalue weighted by molar-refractivity contribution is 6.21. The van der Waals surface area contributed by atoms with Crippen LogP contribution >= 0.6 is 11.6 Å². The maximum Gasteiger partial charge on any atom is 0.0404 e. The summed E-state index contributed by atoms with van der Waals surface area (Å²) >= 11 is 6.17. The summed E-state index contributed by atoms with van der Waals surface area (Å²) in [5.41, 5.74) is 1.77. The molecule has 2 bridgehead atoms. The highest BCUT2D eigenvalue weighted by Gasteiger charge is 2.52. The molecule has 2 rings (SSSR count). The number of hydrogen-bond donors (Lipinski definition) is 0. The second kappa shape index (κ2) is 2.04. The first-order chi connectivity index (χ1) is 5.03. The van der Waals surface area contributed by atoms with E-state index in [1.54, 1.807) is 0 Å². The van der Waals surface area contributed by atoms with Crippen molar-refractivity contribution in [3.05, 3.63) is 12.2 Å². The van der Waals surface area contributed by atoms with Crippen LogP contribution < -0.4 is 0 Å². The lowest BCUT2D eigenvalue weighted by Crippen LogP contribution is -2.27. The molecule has 3 atom stereocenters. The van der Waals surface area contributed by atoms with Crippen LogP contribution in [0.4, 0.5) is 0 Å². The summed E-state index contributed by atoms with van der Waals surface area (Å²) in [6, 6.07) is 0. The summed E-state index contributed by atoms with van der Waals surface area (Å²) in [5.74, 6) is 1.43. The lowest BCUT2D eigenvalue weighted by molar-refractivity contribution is 0.291. The van der Waals surface area contributed by atoms with Gasteiger partial charge in [0, 0.05) is 5.38 Å². The van der Waals surface area contributed by atoms with Crippen LogP contribution in [0.15, 0.2) is 12.2 Å². The Morgan fingerprint density at radius 2 is 2.09 bits per heavy atom. The van der Waals surface area contributed by atoms with Gasteiger partial charge >= 0.3 is 0 Å². The van der Waals surface area contributed by atoms with E-state index in [4.69, 9.17) is 11.6 Å². The van der Waals surface area contributed by atoms with E-state index in [1.165, 1.54) is 18.4 Å². The molecule has 0 nitrogen and oxygen atoms in total. The molecule has 0 saturated heterocycles. The summed E-state index contributed by atoms with van der Waals surface area (Å²) in [6.07, 6.45) is 2.50. The third-order valence-corrected chi connectivity index (χ3v) is 4.26. The molecule has 0 heterocycles. The molecule has 0 radical (unpaired) electrons. The molecule has 0 aromatic heterocycles. The predicted octanol–water partition coefficient (Wildman–Crippen LogP) is 3.22. The van der Waals surface area contributed by atoms with Gasteiger partial charge in [0.1, 0.15) is 0 Å². The predicted molar refractivity (Wildman–Crippen MR) is 48.8 cm³/mol. The van der Waals surface area contributed by atoms with E-state index in [9.17, 15) is 0 Å². The van der Waals surface area contributed by atoms with Gasteiger partial charge in [-0.25, -0.2) is 0 Å². The Kier molecular flexibility index (Phi) is 1.42. The van der Waals surface area contributed by atoms with Crippen molar-refractivity contribution in [2.24, 2.45) is 17.3 Å². The number of halogens is 1. The average Bonchev–Trinajstić information content (AvgIpc) is 2.36. The number of rotatable bonds is 0. The molecule has 11 heavy (non-hydrogen) atoms. The maximum atomic E-state index is 6.17. The fourth-order valence-electron chi connectivity index (χ4n) is 2.68. The van der Waals surface area contributed by atoms with Crippen LogP contribution in [0.5, 0.6) is 0 Å². The molecular formula is C10H15Cl. The fourth-order valence-corrected chi connectivity index (χ4v) is 3.15. The van der Waals surface area contributed by atoms with Gasteiger partial charge in [-0.15, -0.1) is 11.6 Å². The van der Waals surface area contributed by atoms with Gasteiger partial charge < -0.3 is 0 Å². The van der Waals surface area contributed by atoms with Crippen molar-refractivity contribution in [1.82, 2.24) is 0 Å². The van der Waals surface area contributed by atoms with Gasteiger partial charge in [0.05, 0.1) is 0 Å². The highest BCUT2D eigenvalue weighted by atomic mass is 35.5. The second-order valence-electron chi connectivity index (χ2n) is 4.54. The van der Waals surface area contributed by atoms with Crippen LogP contribution in [-0.2, 0) is 0 Å². The third kappa shape index (κ3) is 0.823. The topological polar surface area (TPSA) is 0 Å². The molecular weight excluding hydrogens is 156 g/mol. The smallest absolute Gasteiger partial charge is 0.0404 e. The van der Waals surface area contributed by atoms with Gasteiger partial charge in [0.2, 0.25) is 0 Å². The quantitative estimate of drug-likeness (QED) is 0.387. The van der Waals surface area contributed by atoms with Crippen LogP contribution in [0, 0.1) is 17.3 Å². The molecule has 0 amide bonds. The van der Waals surface area contributed by atoms with E-state index in [-0.39, 0.29) is 0 Å². The van der Waals surface area contributed by atoms with Crippen LogP contribution in [0.1, 0.15) is 26.7 Å². The zero-order valence-electron chi connectivity index (χ0n) is 7.23.